The third-order valence-corrected chi connectivity index (χ3v) is 7.59. The van der Waals surface area contributed by atoms with Crippen molar-refractivity contribution in [1.82, 2.24) is 14.4 Å². The number of benzene rings is 1. The number of ether oxygens (including phenoxy) is 1. The summed E-state index contributed by atoms with van der Waals surface area (Å²) in [6.45, 7) is 5.53. The van der Waals surface area contributed by atoms with Gasteiger partial charge in [0.05, 0.1) is 23.1 Å². The molecule has 2 aliphatic heterocycles. The average molecular weight is 539 g/mol. The van der Waals surface area contributed by atoms with E-state index in [1.807, 2.05) is 42.7 Å². The topological polar surface area (TPSA) is 71.9 Å². The molecule has 0 spiro atoms. The molecule has 7 nitrogen and oxygen atoms in total. The second kappa shape index (κ2) is 9.43. The van der Waals surface area contributed by atoms with Crippen LogP contribution in [0.2, 0.25) is 5.02 Å². The lowest BCUT2D eigenvalue weighted by Gasteiger charge is -2.28. The molecule has 32 heavy (non-hydrogen) atoms. The first-order valence-electron chi connectivity index (χ1n) is 10.0. The predicted octanol–water partition coefficient (Wildman–Crippen LogP) is 4.41. The van der Waals surface area contributed by atoms with Crippen LogP contribution in [0.1, 0.15) is 17.0 Å². The van der Waals surface area contributed by atoms with Crippen LogP contribution in [0.3, 0.4) is 0 Å². The Kier molecular flexibility index (Phi) is 6.80. The minimum Gasteiger partial charge on any atom is -0.378 e. The molecule has 0 N–H and O–H groups in total. The molecule has 2 saturated heterocycles. The first-order chi connectivity index (χ1) is 15.3. The summed E-state index contributed by atoms with van der Waals surface area (Å²) in [7, 11) is 0. The van der Waals surface area contributed by atoms with Crippen molar-refractivity contribution < 1.29 is 19.1 Å². The van der Waals surface area contributed by atoms with E-state index in [9.17, 15) is 14.4 Å². The number of imide groups is 1. The zero-order chi connectivity index (χ0) is 23.0. The number of halogens is 2. The summed E-state index contributed by atoms with van der Waals surface area (Å²) < 4.78 is 8.10. The number of aromatic nitrogens is 1. The minimum atomic E-state index is -0.446. The highest BCUT2D eigenvalue weighted by Crippen LogP contribution is 2.34. The summed E-state index contributed by atoms with van der Waals surface area (Å²) in [6, 6.07) is 7.65. The second-order valence-electron chi connectivity index (χ2n) is 7.52. The number of morpholine rings is 1. The highest BCUT2D eigenvalue weighted by atomic mass is 79.9. The van der Waals surface area contributed by atoms with Gasteiger partial charge in [-0.05, 0) is 77.4 Å². The predicted molar refractivity (Wildman–Crippen MR) is 128 cm³/mol. The number of nitrogens with zero attached hydrogens (tertiary/aromatic N) is 3. The number of hydrogen-bond acceptors (Lipinski definition) is 5. The first kappa shape index (κ1) is 23.1. The standard InChI is InChI=1S/C22H21BrClN3O4S/c1-13-9-15(14(2)27(13)16-3-4-17(23)18(24)11-16)10-19-21(29)26(22(30)32-19)12-20(28)25-5-7-31-8-6-25/h3-4,9-11H,5-8,12H2,1-2H3/b19-10+. The van der Waals surface area contributed by atoms with Gasteiger partial charge < -0.3 is 14.2 Å². The number of thioether (sulfide) groups is 1. The summed E-state index contributed by atoms with van der Waals surface area (Å²) in [5.41, 5.74) is 3.61. The average Bonchev–Trinajstić information content (AvgIpc) is 3.20. The first-order valence-corrected chi connectivity index (χ1v) is 12.0. The molecule has 4 rings (SSSR count). The van der Waals surface area contributed by atoms with Crippen molar-refractivity contribution in [3.05, 3.63) is 55.6 Å². The van der Waals surface area contributed by atoms with Gasteiger partial charge >= 0.3 is 0 Å². The van der Waals surface area contributed by atoms with Crippen LogP contribution < -0.4 is 0 Å². The maximum absolute atomic E-state index is 12.9. The van der Waals surface area contributed by atoms with Gasteiger partial charge in [0.25, 0.3) is 11.1 Å². The Balaban J connectivity index is 1.56. The molecule has 0 aliphatic carbocycles. The van der Waals surface area contributed by atoms with Gasteiger partial charge in [0.2, 0.25) is 5.91 Å². The van der Waals surface area contributed by atoms with Crippen molar-refractivity contribution in [2.75, 3.05) is 32.8 Å². The van der Waals surface area contributed by atoms with Crippen LogP contribution in [-0.2, 0) is 14.3 Å². The molecule has 0 unspecified atom stereocenters. The van der Waals surface area contributed by atoms with Crippen molar-refractivity contribution in [2.45, 2.75) is 13.8 Å². The fourth-order valence-corrected chi connectivity index (χ4v) is 5.03. The molecule has 168 valence electrons. The maximum atomic E-state index is 12.9. The number of rotatable bonds is 4. The lowest BCUT2D eigenvalue weighted by molar-refractivity contribution is -0.139. The smallest absolute Gasteiger partial charge is 0.294 e. The van der Waals surface area contributed by atoms with Crippen molar-refractivity contribution >= 4 is 62.4 Å². The third kappa shape index (κ3) is 4.52. The molecular weight excluding hydrogens is 518 g/mol. The van der Waals surface area contributed by atoms with E-state index < -0.39 is 11.1 Å². The van der Waals surface area contributed by atoms with E-state index in [2.05, 4.69) is 15.9 Å². The van der Waals surface area contributed by atoms with Gasteiger partial charge in [0.1, 0.15) is 6.54 Å². The fraction of sp³-hybridized carbons (Fsp3) is 0.318. The molecule has 2 aliphatic rings. The van der Waals surface area contributed by atoms with Crippen molar-refractivity contribution in [2.24, 2.45) is 0 Å². The van der Waals surface area contributed by atoms with Crippen LogP contribution in [0.4, 0.5) is 4.79 Å². The van der Waals surface area contributed by atoms with Gasteiger partial charge in [-0.1, -0.05) is 11.6 Å². The Bertz CT molecular complexity index is 1140. The zero-order valence-corrected chi connectivity index (χ0v) is 20.7. The summed E-state index contributed by atoms with van der Waals surface area (Å²) in [6.07, 6.45) is 1.71. The molecule has 1 aromatic carbocycles. The van der Waals surface area contributed by atoms with Gasteiger partial charge in [-0.2, -0.15) is 0 Å². The van der Waals surface area contributed by atoms with Gasteiger partial charge in [0, 0.05) is 34.6 Å². The van der Waals surface area contributed by atoms with Gasteiger partial charge in [-0.25, -0.2) is 0 Å². The molecule has 0 radical (unpaired) electrons. The van der Waals surface area contributed by atoms with E-state index in [4.69, 9.17) is 16.3 Å². The van der Waals surface area contributed by atoms with Crippen LogP contribution in [-0.4, -0.2) is 64.3 Å². The molecule has 2 fully saturated rings. The van der Waals surface area contributed by atoms with Gasteiger partial charge in [-0.3, -0.25) is 19.3 Å². The largest absolute Gasteiger partial charge is 0.378 e. The van der Waals surface area contributed by atoms with Crippen LogP contribution in [0.25, 0.3) is 11.8 Å². The van der Waals surface area contributed by atoms with E-state index in [1.54, 1.807) is 11.0 Å². The minimum absolute atomic E-state index is 0.248. The third-order valence-electron chi connectivity index (χ3n) is 5.45. The number of hydrogen-bond donors (Lipinski definition) is 0. The SMILES string of the molecule is Cc1cc(/C=C2/SC(=O)N(CC(=O)N3CCOCC3)C2=O)c(C)n1-c1ccc(Br)c(Cl)c1. The Morgan fingerprint density at radius 1 is 1.22 bits per heavy atom. The molecule has 1 aromatic heterocycles. The number of carbonyl (C=O) groups is 3. The Morgan fingerprint density at radius 2 is 1.94 bits per heavy atom. The van der Waals surface area contributed by atoms with Gasteiger partial charge in [0.15, 0.2) is 0 Å². The van der Waals surface area contributed by atoms with Gasteiger partial charge in [-0.15, -0.1) is 0 Å². The quantitative estimate of drug-likeness (QED) is 0.540. The van der Waals surface area contributed by atoms with Crippen LogP contribution in [0, 0.1) is 13.8 Å². The van der Waals surface area contributed by atoms with Crippen LogP contribution >= 0.6 is 39.3 Å². The summed E-state index contributed by atoms with van der Waals surface area (Å²) in [4.78, 5) is 40.8. The monoisotopic (exact) mass is 537 g/mol. The maximum Gasteiger partial charge on any atom is 0.294 e. The van der Waals surface area contributed by atoms with E-state index in [0.717, 1.165) is 43.8 Å². The number of carbonyl (C=O) groups excluding carboxylic acids is 3. The zero-order valence-electron chi connectivity index (χ0n) is 17.6. The van der Waals surface area contributed by atoms with Crippen molar-refractivity contribution in [3.63, 3.8) is 0 Å². The number of aryl methyl sites for hydroxylation is 1. The molecule has 0 atom stereocenters. The Hall–Kier alpha value is -2.07. The van der Waals surface area contributed by atoms with E-state index in [-0.39, 0.29) is 12.5 Å². The van der Waals surface area contributed by atoms with Crippen molar-refractivity contribution in [1.29, 1.82) is 0 Å². The molecular formula is C22H21BrClN3O4S. The van der Waals surface area contributed by atoms with E-state index >= 15 is 0 Å². The second-order valence-corrected chi connectivity index (χ2v) is 9.78. The van der Waals surface area contributed by atoms with E-state index in [0.29, 0.717) is 36.2 Å². The molecule has 0 saturated carbocycles. The summed E-state index contributed by atoms with van der Waals surface area (Å²) >= 11 is 10.5. The Morgan fingerprint density at radius 3 is 2.62 bits per heavy atom. The van der Waals surface area contributed by atoms with Crippen molar-refractivity contribution in [3.8, 4) is 5.69 Å². The molecule has 10 heteroatoms. The fourth-order valence-electron chi connectivity index (χ4n) is 3.78. The molecule has 0 bridgehead atoms. The summed E-state index contributed by atoms with van der Waals surface area (Å²) in [5.74, 6) is -0.694. The molecule has 3 heterocycles. The van der Waals surface area contributed by atoms with Crippen LogP contribution in [0.15, 0.2) is 33.6 Å². The highest BCUT2D eigenvalue weighted by molar-refractivity contribution is 9.10. The van der Waals surface area contributed by atoms with Crippen LogP contribution in [0.5, 0.6) is 0 Å². The summed E-state index contributed by atoms with van der Waals surface area (Å²) in [5, 5.41) is 0.166. The lowest BCUT2D eigenvalue weighted by Crippen LogP contribution is -2.46. The molecule has 3 amide bonds. The lowest BCUT2D eigenvalue weighted by atomic mass is 10.2. The molecule has 2 aromatic rings. The highest BCUT2D eigenvalue weighted by Gasteiger charge is 2.37. The Labute approximate surface area is 203 Å². The van der Waals surface area contributed by atoms with E-state index in [1.165, 1.54) is 0 Å². The number of amides is 3. The normalized spacial score (nSPS) is 18.2.